The van der Waals surface area contributed by atoms with E-state index in [0.717, 1.165) is 22.3 Å². The van der Waals surface area contributed by atoms with Crippen molar-refractivity contribution in [2.75, 3.05) is 0 Å². The van der Waals surface area contributed by atoms with Crippen molar-refractivity contribution in [1.82, 2.24) is 0 Å². The molecular formula is C23H19ClFNO3. The standard InChI is InChI=1S/C23H19ClFNO3/c24-19-12-15(6-8-20(19)25)18-3-1-2-4-21(18)29-17-7-5-14-9-10-23(26,22(27)28)13-16(14)11-17/h1-8,11-12H,9-10,13,26H2,(H,27,28). The number of hydrogen-bond acceptors (Lipinski definition) is 3. The van der Waals surface area contributed by atoms with Gasteiger partial charge in [-0.2, -0.15) is 0 Å². The van der Waals surface area contributed by atoms with Crippen molar-refractivity contribution in [3.63, 3.8) is 0 Å². The average Bonchev–Trinajstić information content (AvgIpc) is 2.70. The molecule has 4 nitrogen and oxygen atoms in total. The average molecular weight is 412 g/mol. The minimum atomic E-state index is -1.26. The zero-order valence-electron chi connectivity index (χ0n) is 15.5. The number of carboxylic acid groups (broad SMARTS) is 1. The molecule has 0 aromatic heterocycles. The van der Waals surface area contributed by atoms with Crippen LogP contribution in [0.2, 0.25) is 5.02 Å². The number of para-hydroxylation sites is 1. The van der Waals surface area contributed by atoms with Crippen LogP contribution in [0.4, 0.5) is 4.39 Å². The van der Waals surface area contributed by atoms with Crippen LogP contribution < -0.4 is 10.5 Å². The molecule has 1 unspecified atom stereocenters. The summed E-state index contributed by atoms with van der Waals surface area (Å²) >= 11 is 5.93. The number of hydrogen-bond donors (Lipinski definition) is 2. The van der Waals surface area contributed by atoms with Gasteiger partial charge in [-0.05, 0) is 59.9 Å². The minimum absolute atomic E-state index is 0.0408. The molecule has 0 fully saturated rings. The first kappa shape index (κ1) is 19.4. The van der Waals surface area contributed by atoms with E-state index < -0.39 is 17.3 Å². The Morgan fingerprint density at radius 3 is 2.66 bits per heavy atom. The van der Waals surface area contributed by atoms with Gasteiger partial charge in [0.1, 0.15) is 22.9 Å². The second-order valence-electron chi connectivity index (χ2n) is 7.30. The molecule has 3 N–H and O–H groups in total. The molecule has 0 saturated carbocycles. The monoisotopic (exact) mass is 411 g/mol. The van der Waals surface area contributed by atoms with Gasteiger partial charge in [0.2, 0.25) is 0 Å². The van der Waals surface area contributed by atoms with Crippen LogP contribution in [0.25, 0.3) is 11.1 Å². The summed E-state index contributed by atoms with van der Waals surface area (Å²) in [4.78, 5) is 11.5. The summed E-state index contributed by atoms with van der Waals surface area (Å²) in [7, 11) is 0. The van der Waals surface area contributed by atoms with Crippen molar-refractivity contribution in [2.45, 2.75) is 24.8 Å². The van der Waals surface area contributed by atoms with Crippen LogP contribution in [-0.2, 0) is 17.6 Å². The van der Waals surface area contributed by atoms with Crippen LogP contribution in [0.5, 0.6) is 11.5 Å². The van der Waals surface area contributed by atoms with E-state index in [4.69, 9.17) is 22.1 Å². The van der Waals surface area contributed by atoms with Crippen molar-refractivity contribution < 1.29 is 19.0 Å². The lowest BCUT2D eigenvalue weighted by Gasteiger charge is -2.31. The number of rotatable bonds is 4. The fraction of sp³-hybridized carbons (Fsp3) is 0.174. The lowest BCUT2D eigenvalue weighted by atomic mass is 9.78. The van der Waals surface area contributed by atoms with Crippen molar-refractivity contribution in [3.8, 4) is 22.6 Å². The molecule has 4 rings (SSSR count). The first-order valence-corrected chi connectivity index (χ1v) is 9.60. The Hall–Kier alpha value is -2.89. The molecule has 148 valence electrons. The van der Waals surface area contributed by atoms with Crippen molar-refractivity contribution in [3.05, 3.63) is 82.6 Å². The third-order valence-corrected chi connectivity index (χ3v) is 5.59. The summed E-state index contributed by atoms with van der Waals surface area (Å²) in [6, 6.07) is 17.6. The number of benzene rings is 3. The van der Waals surface area contributed by atoms with E-state index in [1.165, 1.54) is 6.07 Å². The fourth-order valence-corrected chi connectivity index (χ4v) is 3.81. The third kappa shape index (κ3) is 3.84. The molecule has 1 aliphatic rings. The van der Waals surface area contributed by atoms with Gasteiger partial charge in [0.05, 0.1) is 5.02 Å². The predicted molar refractivity (Wildman–Crippen MR) is 110 cm³/mol. The van der Waals surface area contributed by atoms with E-state index in [2.05, 4.69) is 0 Å². The van der Waals surface area contributed by atoms with Crippen molar-refractivity contribution >= 4 is 17.6 Å². The van der Waals surface area contributed by atoms with Crippen LogP contribution >= 0.6 is 11.6 Å². The van der Waals surface area contributed by atoms with Crippen molar-refractivity contribution in [1.29, 1.82) is 0 Å². The minimum Gasteiger partial charge on any atom is -0.480 e. The van der Waals surface area contributed by atoms with Crippen LogP contribution in [0.1, 0.15) is 17.5 Å². The highest BCUT2D eigenvalue weighted by atomic mass is 35.5. The molecule has 1 aliphatic carbocycles. The summed E-state index contributed by atoms with van der Waals surface area (Å²) in [6.45, 7) is 0. The molecule has 0 heterocycles. The molecule has 0 amide bonds. The Morgan fingerprint density at radius 1 is 1.10 bits per heavy atom. The zero-order chi connectivity index (χ0) is 20.6. The predicted octanol–water partition coefficient (Wildman–Crippen LogP) is 5.21. The Labute approximate surface area is 172 Å². The quantitative estimate of drug-likeness (QED) is 0.618. The zero-order valence-corrected chi connectivity index (χ0v) is 16.2. The summed E-state index contributed by atoms with van der Waals surface area (Å²) in [5.41, 5.74) is 8.27. The SMILES string of the molecule is NC1(C(=O)O)CCc2ccc(Oc3ccccc3-c3ccc(F)c(Cl)c3)cc2C1. The van der Waals surface area contributed by atoms with Crippen LogP contribution in [0.15, 0.2) is 60.7 Å². The molecular weight excluding hydrogens is 393 g/mol. The van der Waals surface area contributed by atoms with E-state index in [-0.39, 0.29) is 11.4 Å². The Bertz CT molecular complexity index is 1100. The van der Waals surface area contributed by atoms with Gasteiger partial charge in [0, 0.05) is 12.0 Å². The molecule has 3 aromatic carbocycles. The number of halogens is 2. The van der Waals surface area contributed by atoms with E-state index in [9.17, 15) is 14.3 Å². The molecule has 0 saturated heterocycles. The summed E-state index contributed by atoms with van der Waals surface area (Å²) in [5, 5.41) is 9.48. The number of fused-ring (bicyclic) bond motifs is 1. The lowest BCUT2D eigenvalue weighted by Crippen LogP contribution is -2.52. The molecule has 1 atom stereocenters. The highest BCUT2D eigenvalue weighted by molar-refractivity contribution is 6.31. The van der Waals surface area contributed by atoms with E-state index >= 15 is 0 Å². The Balaban J connectivity index is 1.66. The normalized spacial score (nSPS) is 18.2. The third-order valence-electron chi connectivity index (χ3n) is 5.30. The molecule has 0 bridgehead atoms. The first-order valence-electron chi connectivity index (χ1n) is 9.22. The highest BCUT2D eigenvalue weighted by Crippen LogP contribution is 2.36. The van der Waals surface area contributed by atoms with Gasteiger partial charge in [0.15, 0.2) is 0 Å². The van der Waals surface area contributed by atoms with Gasteiger partial charge in [-0.15, -0.1) is 0 Å². The number of aryl methyl sites for hydroxylation is 1. The summed E-state index contributed by atoms with van der Waals surface area (Å²) in [5.74, 6) is -0.303. The number of ether oxygens (including phenoxy) is 1. The fourth-order valence-electron chi connectivity index (χ4n) is 3.63. The second kappa shape index (κ2) is 7.50. The summed E-state index contributed by atoms with van der Waals surface area (Å²) < 4.78 is 19.6. The van der Waals surface area contributed by atoms with E-state index in [0.29, 0.717) is 24.3 Å². The molecule has 3 aromatic rings. The highest BCUT2D eigenvalue weighted by Gasteiger charge is 2.37. The molecule has 29 heavy (non-hydrogen) atoms. The molecule has 0 aliphatic heterocycles. The Morgan fingerprint density at radius 2 is 1.90 bits per heavy atom. The number of aliphatic carboxylic acids is 1. The topological polar surface area (TPSA) is 72.6 Å². The maximum atomic E-state index is 13.5. The van der Waals surface area contributed by atoms with Crippen LogP contribution in [-0.4, -0.2) is 16.6 Å². The van der Waals surface area contributed by atoms with Gasteiger partial charge in [-0.1, -0.05) is 41.9 Å². The van der Waals surface area contributed by atoms with E-state index in [1.807, 2.05) is 42.5 Å². The first-order chi connectivity index (χ1) is 13.9. The number of carboxylic acids is 1. The second-order valence-corrected chi connectivity index (χ2v) is 7.70. The maximum absolute atomic E-state index is 13.5. The van der Waals surface area contributed by atoms with Gasteiger partial charge >= 0.3 is 5.97 Å². The van der Waals surface area contributed by atoms with Gasteiger partial charge in [-0.25, -0.2) is 4.39 Å². The van der Waals surface area contributed by atoms with Gasteiger partial charge < -0.3 is 15.6 Å². The maximum Gasteiger partial charge on any atom is 0.324 e. The largest absolute Gasteiger partial charge is 0.480 e. The smallest absolute Gasteiger partial charge is 0.324 e. The van der Waals surface area contributed by atoms with Gasteiger partial charge in [0.25, 0.3) is 0 Å². The van der Waals surface area contributed by atoms with E-state index in [1.54, 1.807) is 12.1 Å². The molecule has 0 spiro atoms. The van der Waals surface area contributed by atoms with Crippen LogP contribution in [0, 0.1) is 5.82 Å². The molecule has 0 radical (unpaired) electrons. The number of nitrogens with two attached hydrogens (primary N) is 1. The number of carbonyl (C=O) groups is 1. The van der Waals surface area contributed by atoms with Crippen LogP contribution in [0.3, 0.4) is 0 Å². The lowest BCUT2D eigenvalue weighted by molar-refractivity contribution is -0.143. The summed E-state index contributed by atoms with van der Waals surface area (Å²) in [6.07, 6.45) is 1.27. The molecule has 6 heteroatoms. The Kier molecular flexibility index (Phi) is 5.03. The van der Waals surface area contributed by atoms with Gasteiger partial charge in [-0.3, -0.25) is 4.79 Å². The van der Waals surface area contributed by atoms with Crippen molar-refractivity contribution in [2.24, 2.45) is 5.73 Å².